The number of pyridine rings is 1. The molecule has 1 aliphatic rings. The Kier molecular flexibility index (Phi) is 7.09. The molecule has 2 unspecified atom stereocenters. The van der Waals surface area contributed by atoms with Crippen molar-refractivity contribution < 1.29 is 13.2 Å². The average molecular weight is 562 g/mol. The summed E-state index contributed by atoms with van der Waals surface area (Å²) in [5, 5.41) is 4.04. The average Bonchev–Trinajstić information content (AvgIpc) is 3.39. The lowest BCUT2D eigenvalue weighted by Crippen LogP contribution is -2.29. The molecule has 1 saturated heterocycles. The van der Waals surface area contributed by atoms with Crippen molar-refractivity contribution in [3.8, 4) is 11.4 Å². The summed E-state index contributed by atoms with van der Waals surface area (Å²) in [6, 6.07) is 21.3. The van der Waals surface area contributed by atoms with Crippen molar-refractivity contribution in [3.05, 3.63) is 101 Å². The van der Waals surface area contributed by atoms with Crippen molar-refractivity contribution >= 4 is 38.7 Å². The Bertz CT molecular complexity index is 1650. The molecule has 1 aliphatic heterocycles. The van der Waals surface area contributed by atoms with Crippen molar-refractivity contribution in [1.82, 2.24) is 14.9 Å². The summed E-state index contributed by atoms with van der Waals surface area (Å²) >= 11 is 5.90. The molecule has 0 spiro atoms. The highest BCUT2D eigenvalue weighted by atomic mass is 32.2. The molecular formula is C29H31N5O3S2. The van der Waals surface area contributed by atoms with Gasteiger partial charge in [0.25, 0.3) is 0 Å². The van der Waals surface area contributed by atoms with Crippen molar-refractivity contribution in [1.29, 1.82) is 0 Å². The van der Waals surface area contributed by atoms with Crippen LogP contribution in [0.4, 0.5) is 11.4 Å². The molecule has 2 aromatic heterocycles. The van der Waals surface area contributed by atoms with Crippen LogP contribution in [0.1, 0.15) is 40.3 Å². The number of hydrogen-bond donors (Lipinski definition) is 2. The maximum Gasteiger partial charge on any atom is 0.229 e. The molecule has 2 aromatic carbocycles. The number of sulfonamides is 1. The van der Waals surface area contributed by atoms with Crippen LogP contribution in [0, 0.1) is 20.8 Å². The van der Waals surface area contributed by atoms with E-state index in [0.29, 0.717) is 16.5 Å². The number of anilines is 2. The largest absolute Gasteiger partial charge is 0.494 e. The first-order chi connectivity index (χ1) is 18.6. The van der Waals surface area contributed by atoms with Crippen LogP contribution in [0.15, 0.2) is 72.9 Å². The quantitative estimate of drug-likeness (QED) is 0.294. The molecule has 8 nitrogen and oxygen atoms in total. The fraction of sp³-hybridized carbons (Fsp3) is 0.241. The van der Waals surface area contributed by atoms with Crippen LogP contribution < -0.4 is 19.7 Å². The lowest BCUT2D eigenvalue weighted by atomic mass is 9.96. The number of benzene rings is 2. The van der Waals surface area contributed by atoms with Crippen molar-refractivity contribution in [2.75, 3.05) is 23.0 Å². The van der Waals surface area contributed by atoms with Crippen LogP contribution >= 0.6 is 12.2 Å². The topological polar surface area (TPSA) is 88.5 Å². The zero-order valence-corrected chi connectivity index (χ0v) is 24.1. The van der Waals surface area contributed by atoms with Gasteiger partial charge in [-0.1, -0.05) is 24.3 Å². The summed E-state index contributed by atoms with van der Waals surface area (Å²) in [5.74, 6) is 0.395. The first-order valence-corrected chi connectivity index (χ1v) is 14.8. The number of thiocarbonyl (C=S) groups is 1. The number of nitrogens with one attached hydrogen (secondary N) is 2. The molecule has 3 heterocycles. The Hall–Kier alpha value is -3.89. The minimum Gasteiger partial charge on any atom is -0.494 e. The van der Waals surface area contributed by atoms with Gasteiger partial charge in [-0.2, -0.15) is 0 Å². The van der Waals surface area contributed by atoms with Crippen LogP contribution in [0.25, 0.3) is 5.69 Å². The Labute approximate surface area is 234 Å². The fourth-order valence-electron chi connectivity index (χ4n) is 5.33. The molecule has 1 fully saturated rings. The molecule has 0 bridgehead atoms. The molecule has 2 N–H and O–H groups in total. The third-order valence-corrected chi connectivity index (χ3v) is 7.91. The first kappa shape index (κ1) is 26.7. The van der Waals surface area contributed by atoms with Gasteiger partial charge in [-0.3, -0.25) is 9.71 Å². The number of ether oxygens (including phenoxy) is 1. The zero-order chi connectivity index (χ0) is 27.9. The number of hydrogen-bond acceptors (Lipinski definition) is 5. The fourth-order valence-corrected chi connectivity index (χ4v) is 6.25. The van der Waals surface area contributed by atoms with E-state index < -0.39 is 10.0 Å². The molecule has 2 atom stereocenters. The van der Waals surface area contributed by atoms with E-state index in [4.69, 9.17) is 17.0 Å². The van der Waals surface area contributed by atoms with Crippen molar-refractivity contribution in [2.24, 2.45) is 0 Å². The SMILES string of the molecule is COc1cc(N2C(=S)NC(c3ccccn3)C2c2cc(C)n(-c3ccccc3C)c2C)ccc1NS(C)(=O)=O. The van der Waals surface area contributed by atoms with Gasteiger partial charge in [0, 0.05) is 35.0 Å². The van der Waals surface area contributed by atoms with Gasteiger partial charge < -0.3 is 19.5 Å². The summed E-state index contributed by atoms with van der Waals surface area (Å²) in [7, 11) is -1.97. The third kappa shape index (κ3) is 5.09. The van der Waals surface area contributed by atoms with E-state index in [1.165, 1.54) is 12.7 Å². The van der Waals surface area contributed by atoms with E-state index in [-0.39, 0.29) is 12.1 Å². The Balaban J connectivity index is 1.67. The van der Waals surface area contributed by atoms with Gasteiger partial charge in [0.2, 0.25) is 10.0 Å². The molecule has 5 rings (SSSR count). The number of nitrogens with zero attached hydrogens (tertiary/aromatic N) is 3. The van der Waals surface area contributed by atoms with Gasteiger partial charge in [0.15, 0.2) is 5.11 Å². The van der Waals surface area contributed by atoms with E-state index in [1.807, 2.05) is 30.3 Å². The summed E-state index contributed by atoms with van der Waals surface area (Å²) < 4.78 is 34.1. The second-order valence-electron chi connectivity index (χ2n) is 9.70. The summed E-state index contributed by atoms with van der Waals surface area (Å²) in [6.45, 7) is 6.35. The zero-order valence-electron chi connectivity index (χ0n) is 22.5. The van der Waals surface area contributed by atoms with E-state index in [2.05, 4.69) is 69.5 Å². The van der Waals surface area contributed by atoms with Gasteiger partial charge in [-0.25, -0.2) is 8.42 Å². The molecule has 39 heavy (non-hydrogen) atoms. The molecule has 4 aromatic rings. The van der Waals surface area contributed by atoms with Crippen molar-refractivity contribution in [3.63, 3.8) is 0 Å². The molecule has 202 valence electrons. The Morgan fingerprint density at radius 3 is 2.44 bits per heavy atom. The highest BCUT2D eigenvalue weighted by molar-refractivity contribution is 7.92. The van der Waals surface area contributed by atoms with E-state index >= 15 is 0 Å². The molecule has 10 heteroatoms. The van der Waals surface area contributed by atoms with E-state index in [0.717, 1.165) is 40.3 Å². The second kappa shape index (κ2) is 10.3. The highest BCUT2D eigenvalue weighted by Gasteiger charge is 2.42. The normalized spacial score (nSPS) is 17.3. The number of rotatable bonds is 7. The number of aromatic nitrogens is 2. The Morgan fingerprint density at radius 2 is 1.77 bits per heavy atom. The summed E-state index contributed by atoms with van der Waals surface area (Å²) in [4.78, 5) is 6.72. The van der Waals surface area contributed by atoms with Gasteiger partial charge in [-0.05, 0) is 80.5 Å². The summed E-state index contributed by atoms with van der Waals surface area (Å²) in [5.41, 5.74) is 7.64. The van der Waals surface area contributed by atoms with Crippen LogP contribution in [-0.2, 0) is 10.0 Å². The maximum absolute atomic E-state index is 11.9. The van der Waals surface area contributed by atoms with Gasteiger partial charge in [0.1, 0.15) is 5.75 Å². The predicted molar refractivity (Wildman–Crippen MR) is 159 cm³/mol. The minimum atomic E-state index is -3.48. The molecule has 0 amide bonds. The maximum atomic E-state index is 11.9. The second-order valence-corrected chi connectivity index (χ2v) is 11.8. The molecule has 0 radical (unpaired) electrons. The number of methoxy groups -OCH3 is 1. The van der Waals surface area contributed by atoms with Crippen LogP contribution in [0.3, 0.4) is 0 Å². The van der Waals surface area contributed by atoms with E-state index in [1.54, 1.807) is 18.3 Å². The minimum absolute atomic E-state index is 0.218. The Morgan fingerprint density at radius 1 is 1.03 bits per heavy atom. The highest BCUT2D eigenvalue weighted by Crippen LogP contribution is 2.45. The summed E-state index contributed by atoms with van der Waals surface area (Å²) in [6.07, 6.45) is 2.89. The molecule has 0 saturated carbocycles. The molecular weight excluding hydrogens is 530 g/mol. The number of para-hydroxylation sites is 1. The van der Waals surface area contributed by atoms with E-state index in [9.17, 15) is 8.42 Å². The smallest absolute Gasteiger partial charge is 0.229 e. The third-order valence-electron chi connectivity index (χ3n) is 7.00. The monoisotopic (exact) mass is 561 g/mol. The van der Waals surface area contributed by atoms with Crippen LogP contribution in [0.5, 0.6) is 5.75 Å². The van der Waals surface area contributed by atoms with Crippen molar-refractivity contribution in [2.45, 2.75) is 32.9 Å². The lowest BCUT2D eigenvalue weighted by molar-refractivity contribution is 0.417. The van der Waals surface area contributed by atoms with Gasteiger partial charge >= 0.3 is 0 Å². The predicted octanol–water partition coefficient (Wildman–Crippen LogP) is 5.35. The van der Waals surface area contributed by atoms with Gasteiger partial charge in [0.05, 0.1) is 36.8 Å². The lowest BCUT2D eigenvalue weighted by Gasteiger charge is -2.29. The number of aryl methyl sites for hydroxylation is 2. The first-order valence-electron chi connectivity index (χ1n) is 12.5. The standard InChI is InChI=1S/C29H31N5O3S2/c1-18-10-6-7-12-25(18)33-19(2)16-22(20(33)3)28-27(24-11-8-9-15-30-24)31-29(38)34(28)21-13-14-23(26(17-21)37-4)32-39(5,35)36/h6-17,27-28,32H,1-5H3,(H,31,38). The molecule has 0 aliphatic carbocycles. The van der Waals surface area contributed by atoms with Gasteiger partial charge in [-0.15, -0.1) is 0 Å². The van der Waals surface area contributed by atoms with Crippen LogP contribution in [-0.4, -0.2) is 36.4 Å². The van der Waals surface area contributed by atoms with Crippen LogP contribution in [0.2, 0.25) is 0 Å².